The summed E-state index contributed by atoms with van der Waals surface area (Å²) in [6, 6.07) is 15.4. The first-order valence-corrected chi connectivity index (χ1v) is 11.1. The number of carbonyl (C=O) groups is 1. The average molecular weight is 429 g/mol. The number of carbonyl (C=O) groups excluding carboxylic acids is 1. The quantitative estimate of drug-likeness (QED) is 0.583. The number of benzene rings is 2. The van der Waals surface area contributed by atoms with Crippen LogP contribution in [0.25, 0.3) is 0 Å². The van der Waals surface area contributed by atoms with Crippen LogP contribution in [-0.4, -0.2) is 41.4 Å². The minimum atomic E-state index is 0. The van der Waals surface area contributed by atoms with E-state index in [0.29, 0.717) is 12.5 Å². The zero-order chi connectivity index (χ0) is 20.8. The van der Waals surface area contributed by atoms with Crippen LogP contribution in [0.15, 0.2) is 42.5 Å². The molecule has 4 heteroatoms. The number of halogens is 1. The number of aryl methyl sites for hydroxylation is 3. The molecule has 3 nitrogen and oxygen atoms in total. The van der Waals surface area contributed by atoms with E-state index >= 15 is 0 Å². The van der Waals surface area contributed by atoms with Crippen LogP contribution in [0.1, 0.15) is 54.0 Å². The lowest BCUT2D eigenvalue weighted by Crippen LogP contribution is -2.47. The third kappa shape index (κ3) is 6.33. The Morgan fingerprint density at radius 1 is 1.03 bits per heavy atom. The van der Waals surface area contributed by atoms with E-state index in [0.717, 1.165) is 45.4 Å². The number of hydrogen-bond acceptors (Lipinski definition) is 2. The molecule has 0 N–H and O–H groups in total. The highest BCUT2D eigenvalue weighted by Crippen LogP contribution is 2.22. The van der Waals surface area contributed by atoms with Crippen molar-refractivity contribution in [3.8, 4) is 0 Å². The van der Waals surface area contributed by atoms with Crippen LogP contribution >= 0.6 is 12.4 Å². The monoisotopic (exact) mass is 428 g/mol. The lowest BCUT2D eigenvalue weighted by molar-refractivity contribution is -0.135. The van der Waals surface area contributed by atoms with Gasteiger partial charge in [0.05, 0.1) is 0 Å². The summed E-state index contributed by atoms with van der Waals surface area (Å²) in [6.07, 6.45) is 3.85. The minimum absolute atomic E-state index is 0. The molecule has 30 heavy (non-hydrogen) atoms. The van der Waals surface area contributed by atoms with Gasteiger partial charge >= 0.3 is 0 Å². The van der Waals surface area contributed by atoms with E-state index in [1.807, 2.05) is 13.0 Å². The second-order valence-corrected chi connectivity index (χ2v) is 8.56. The predicted octanol–water partition coefficient (Wildman–Crippen LogP) is 5.48. The highest BCUT2D eigenvalue weighted by atomic mass is 35.5. The number of nitrogens with zero attached hydrogens (tertiary/aromatic N) is 2. The summed E-state index contributed by atoms with van der Waals surface area (Å²) in [5.41, 5.74) is 6.91. The molecule has 1 heterocycles. The van der Waals surface area contributed by atoms with Crippen molar-refractivity contribution in [2.24, 2.45) is 0 Å². The summed E-state index contributed by atoms with van der Waals surface area (Å²) in [6.45, 7) is 12.6. The van der Waals surface area contributed by atoms with Gasteiger partial charge in [0.25, 0.3) is 0 Å². The largest absolute Gasteiger partial charge is 0.335 e. The van der Waals surface area contributed by atoms with Crippen LogP contribution in [0.2, 0.25) is 0 Å². The number of rotatable bonds is 7. The molecule has 0 radical (unpaired) electrons. The van der Waals surface area contributed by atoms with Gasteiger partial charge in [-0.2, -0.15) is 0 Å². The minimum Gasteiger partial charge on any atom is -0.335 e. The second kappa shape index (κ2) is 11.5. The van der Waals surface area contributed by atoms with Crippen LogP contribution in [-0.2, 0) is 17.8 Å². The van der Waals surface area contributed by atoms with Gasteiger partial charge in [0.1, 0.15) is 0 Å². The third-order valence-electron chi connectivity index (χ3n) is 6.33. The molecule has 1 aliphatic heterocycles. The SMILES string of the molecule is CCC(=O)N(Cc1ccccc1)C1CCN(CCc2c(C)cc(C)cc2C)CC1.Cl. The Kier molecular flexibility index (Phi) is 9.38. The van der Waals surface area contributed by atoms with Gasteiger partial charge in [0.15, 0.2) is 0 Å². The Balaban J connectivity index is 0.00000320. The fraction of sp³-hybridized carbons (Fsp3) is 0.500. The molecule has 0 aliphatic carbocycles. The molecule has 0 atom stereocenters. The molecule has 0 aromatic heterocycles. The Morgan fingerprint density at radius 3 is 2.20 bits per heavy atom. The standard InChI is InChI=1S/C26H36N2O.ClH/c1-5-26(29)28(19-23-9-7-6-8-10-23)24-11-14-27(15-12-24)16-13-25-21(3)17-20(2)18-22(25)4;/h6-10,17-18,24H,5,11-16,19H2,1-4H3;1H. The van der Waals surface area contributed by atoms with Crippen LogP contribution in [0.4, 0.5) is 0 Å². The molecular weight excluding hydrogens is 392 g/mol. The van der Waals surface area contributed by atoms with Gasteiger partial charge in [0.2, 0.25) is 5.91 Å². The van der Waals surface area contributed by atoms with Gasteiger partial charge in [-0.1, -0.05) is 55.0 Å². The first-order chi connectivity index (χ1) is 14.0. The van der Waals surface area contributed by atoms with E-state index < -0.39 is 0 Å². The zero-order valence-electron chi connectivity index (χ0n) is 19.0. The number of amides is 1. The molecule has 3 rings (SSSR count). The smallest absolute Gasteiger partial charge is 0.222 e. The summed E-state index contributed by atoms with van der Waals surface area (Å²) in [7, 11) is 0. The number of likely N-dealkylation sites (tertiary alicyclic amines) is 1. The maximum absolute atomic E-state index is 12.6. The van der Waals surface area contributed by atoms with E-state index in [4.69, 9.17) is 0 Å². The van der Waals surface area contributed by atoms with Crippen LogP contribution < -0.4 is 0 Å². The summed E-state index contributed by atoms with van der Waals surface area (Å²) in [4.78, 5) is 17.3. The topological polar surface area (TPSA) is 23.6 Å². The van der Waals surface area contributed by atoms with Gasteiger partial charge in [-0.15, -0.1) is 12.4 Å². The van der Waals surface area contributed by atoms with Crippen molar-refractivity contribution < 1.29 is 4.79 Å². The second-order valence-electron chi connectivity index (χ2n) is 8.56. The van der Waals surface area contributed by atoms with Gasteiger partial charge in [0, 0.05) is 38.6 Å². The van der Waals surface area contributed by atoms with E-state index in [1.165, 1.54) is 27.8 Å². The third-order valence-corrected chi connectivity index (χ3v) is 6.33. The predicted molar refractivity (Wildman–Crippen MR) is 128 cm³/mol. The molecule has 1 amide bonds. The Bertz CT molecular complexity index is 790. The van der Waals surface area contributed by atoms with Crippen LogP contribution in [0.3, 0.4) is 0 Å². The molecule has 2 aromatic rings. The van der Waals surface area contributed by atoms with Gasteiger partial charge in [-0.05, 0) is 62.3 Å². The molecule has 164 valence electrons. The molecule has 1 aliphatic rings. The maximum Gasteiger partial charge on any atom is 0.222 e. The van der Waals surface area contributed by atoms with E-state index in [-0.39, 0.29) is 18.3 Å². The van der Waals surface area contributed by atoms with E-state index in [9.17, 15) is 4.79 Å². The summed E-state index contributed by atoms with van der Waals surface area (Å²) < 4.78 is 0. The fourth-order valence-corrected chi connectivity index (χ4v) is 4.73. The molecule has 0 unspecified atom stereocenters. The first-order valence-electron chi connectivity index (χ1n) is 11.1. The van der Waals surface area contributed by atoms with Crippen molar-refractivity contribution in [3.63, 3.8) is 0 Å². The van der Waals surface area contributed by atoms with Gasteiger partial charge < -0.3 is 9.80 Å². The lowest BCUT2D eigenvalue weighted by Gasteiger charge is -2.39. The molecule has 0 bridgehead atoms. The molecule has 1 fully saturated rings. The Labute approximate surface area is 188 Å². The lowest BCUT2D eigenvalue weighted by atomic mass is 9.96. The van der Waals surface area contributed by atoms with Crippen molar-refractivity contribution in [1.82, 2.24) is 9.80 Å². The normalized spacial score (nSPS) is 14.9. The molecule has 1 saturated heterocycles. The van der Waals surface area contributed by atoms with Crippen molar-refractivity contribution in [1.29, 1.82) is 0 Å². The highest BCUT2D eigenvalue weighted by molar-refractivity contribution is 5.85. The van der Waals surface area contributed by atoms with Crippen LogP contribution in [0, 0.1) is 20.8 Å². The van der Waals surface area contributed by atoms with Crippen LogP contribution in [0.5, 0.6) is 0 Å². The zero-order valence-corrected chi connectivity index (χ0v) is 19.8. The molecular formula is C26H37ClN2O. The summed E-state index contributed by atoms with van der Waals surface area (Å²) in [5.74, 6) is 0.276. The Morgan fingerprint density at radius 2 is 1.63 bits per heavy atom. The summed E-state index contributed by atoms with van der Waals surface area (Å²) in [5, 5.41) is 0. The van der Waals surface area contributed by atoms with Crippen molar-refractivity contribution >= 4 is 18.3 Å². The highest BCUT2D eigenvalue weighted by Gasteiger charge is 2.27. The number of hydrogen-bond donors (Lipinski definition) is 0. The number of piperidine rings is 1. The van der Waals surface area contributed by atoms with Gasteiger partial charge in [-0.25, -0.2) is 0 Å². The molecule has 0 saturated carbocycles. The van der Waals surface area contributed by atoms with Gasteiger partial charge in [-0.3, -0.25) is 4.79 Å². The molecule has 2 aromatic carbocycles. The average Bonchev–Trinajstić information content (AvgIpc) is 2.72. The molecule has 0 spiro atoms. The fourth-order valence-electron chi connectivity index (χ4n) is 4.73. The van der Waals surface area contributed by atoms with E-state index in [1.54, 1.807) is 0 Å². The van der Waals surface area contributed by atoms with Crippen molar-refractivity contribution in [2.75, 3.05) is 19.6 Å². The summed E-state index contributed by atoms with van der Waals surface area (Å²) >= 11 is 0. The maximum atomic E-state index is 12.6. The van der Waals surface area contributed by atoms with E-state index in [2.05, 4.69) is 67.0 Å². The Hall–Kier alpha value is -1.84. The first kappa shape index (κ1) is 24.4. The van der Waals surface area contributed by atoms with Crippen molar-refractivity contribution in [2.45, 2.75) is 66.0 Å². The van der Waals surface area contributed by atoms with Crippen molar-refractivity contribution in [3.05, 3.63) is 70.3 Å².